The molecule has 0 spiro atoms. The van der Waals surface area contributed by atoms with E-state index in [4.69, 9.17) is 4.74 Å². The molecule has 0 radical (unpaired) electrons. The van der Waals surface area contributed by atoms with E-state index in [1.54, 1.807) is 24.3 Å². The maximum Gasteiger partial charge on any atom is 0.339 e. The molecule has 2 aromatic carbocycles. The van der Waals surface area contributed by atoms with Gasteiger partial charge in [0.1, 0.15) is 11.9 Å². The van der Waals surface area contributed by atoms with Crippen LogP contribution in [0.25, 0.3) is 11.0 Å². The minimum absolute atomic E-state index is 0.0205. The number of aromatic nitrogens is 2. The van der Waals surface area contributed by atoms with Crippen molar-refractivity contribution in [2.75, 3.05) is 0 Å². The smallest absolute Gasteiger partial charge is 0.339 e. The van der Waals surface area contributed by atoms with Crippen LogP contribution >= 0.6 is 0 Å². The molecule has 0 saturated heterocycles. The zero-order valence-corrected chi connectivity index (χ0v) is 15.1. The first kappa shape index (κ1) is 17.7. The van der Waals surface area contributed by atoms with Crippen LogP contribution < -0.4 is 10.9 Å². The van der Waals surface area contributed by atoms with Gasteiger partial charge in [-0.3, -0.25) is 20.4 Å². The SMILES string of the molecule is Cn1c(CC(=O)NNC(=O)C[C@@H]2OC(=O)c3ccccc32)nc2ccccc21. The number of rotatable bonds is 4. The highest BCUT2D eigenvalue weighted by Crippen LogP contribution is 2.32. The Bertz CT molecular complexity index is 1090. The molecule has 2 heterocycles. The fourth-order valence-corrected chi connectivity index (χ4v) is 3.27. The van der Waals surface area contributed by atoms with Crippen molar-refractivity contribution < 1.29 is 19.1 Å². The Balaban J connectivity index is 1.33. The van der Waals surface area contributed by atoms with Gasteiger partial charge in [-0.2, -0.15) is 0 Å². The molecule has 0 bridgehead atoms. The summed E-state index contributed by atoms with van der Waals surface area (Å²) in [5, 5.41) is 0. The summed E-state index contributed by atoms with van der Waals surface area (Å²) in [7, 11) is 1.84. The van der Waals surface area contributed by atoms with E-state index < -0.39 is 23.9 Å². The van der Waals surface area contributed by atoms with Crippen LogP contribution in [-0.2, 0) is 27.8 Å². The summed E-state index contributed by atoms with van der Waals surface area (Å²) in [4.78, 5) is 40.5. The molecule has 0 fully saturated rings. The maximum absolute atomic E-state index is 12.2. The number of para-hydroxylation sites is 2. The van der Waals surface area contributed by atoms with Gasteiger partial charge in [-0.25, -0.2) is 9.78 Å². The molecule has 0 aliphatic carbocycles. The van der Waals surface area contributed by atoms with Crippen LogP contribution in [0.5, 0.6) is 0 Å². The fraction of sp³-hybridized carbons (Fsp3) is 0.200. The fourth-order valence-electron chi connectivity index (χ4n) is 3.27. The van der Waals surface area contributed by atoms with E-state index in [2.05, 4.69) is 15.8 Å². The summed E-state index contributed by atoms with van der Waals surface area (Å²) in [6.45, 7) is 0. The molecular weight excluding hydrogens is 360 g/mol. The van der Waals surface area contributed by atoms with E-state index in [1.807, 2.05) is 35.9 Å². The Labute approximate surface area is 160 Å². The number of imidazole rings is 1. The second-order valence-electron chi connectivity index (χ2n) is 6.53. The topological polar surface area (TPSA) is 102 Å². The van der Waals surface area contributed by atoms with Crippen molar-refractivity contribution >= 4 is 28.8 Å². The lowest BCUT2D eigenvalue weighted by Crippen LogP contribution is -2.43. The third-order valence-corrected chi connectivity index (χ3v) is 4.69. The molecule has 142 valence electrons. The quantitative estimate of drug-likeness (QED) is 0.530. The predicted octanol–water partition coefficient (Wildman–Crippen LogP) is 1.56. The molecule has 3 aromatic rings. The molecular formula is C20H18N4O4. The highest BCUT2D eigenvalue weighted by molar-refractivity contribution is 5.94. The number of cyclic esters (lactones) is 1. The molecule has 4 rings (SSSR count). The minimum atomic E-state index is -0.652. The number of hydrogen-bond acceptors (Lipinski definition) is 5. The van der Waals surface area contributed by atoms with Gasteiger partial charge < -0.3 is 9.30 Å². The van der Waals surface area contributed by atoms with Crippen LogP contribution in [0.15, 0.2) is 48.5 Å². The Morgan fingerprint density at radius 3 is 2.61 bits per heavy atom. The number of benzene rings is 2. The van der Waals surface area contributed by atoms with Gasteiger partial charge in [-0.15, -0.1) is 0 Å². The second-order valence-corrected chi connectivity index (χ2v) is 6.53. The highest BCUT2D eigenvalue weighted by Gasteiger charge is 2.32. The van der Waals surface area contributed by atoms with E-state index >= 15 is 0 Å². The lowest BCUT2D eigenvalue weighted by atomic mass is 10.0. The first-order valence-corrected chi connectivity index (χ1v) is 8.81. The number of esters is 1. The molecule has 0 saturated carbocycles. The standard InChI is InChI=1S/C20H18N4O4/c1-24-15-9-5-4-8-14(15)21-17(24)11-19(26)23-22-18(25)10-16-12-6-2-3-7-13(12)20(27)28-16/h2-9,16H,10-11H2,1H3,(H,22,25)(H,23,26)/t16-/m0/s1. The van der Waals surface area contributed by atoms with Crippen LogP contribution in [0.2, 0.25) is 0 Å². The van der Waals surface area contributed by atoms with Crippen LogP contribution in [0.1, 0.15) is 34.3 Å². The number of amides is 2. The van der Waals surface area contributed by atoms with Crippen molar-refractivity contribution in [1.82, 2.24) is 20.4 Å². The summed E-state index contributed by atoms with van der Waals surface area (Å²) < 4.78 is 7.07. The first-order chi connectivity index (χ1) is 13.5. The molecule has 1 aromatic heterocycles. The van der Waals surface area contributed by atoms with E-state index in [0.717, 1.165) is 11.0 Å². The minimum Gasteiger partial charge on any atom is -0.453 e. The number of nitrogens with one attached hydrogen (secondary N) is 2. The van der Waals surface area contributed by atoms with Crippen LogP contribution in [0, 0.1) is 0 Å². The van der Waals surface area contributed by atoms with Gasteiger partial charge in [0.2, 0.25) is 11.8 Å². The van der Waals surface area contributed by atoms with E-state index in [1.165, 1.54) is 0 Å². The van der Waals surface area contributed by atoms with Gasteiger partial charge in [0, 0.05) is 12.6 Å². The maximum atomic E-state index is 12.2. The van der Waals surface area contributed by atoms with Crippen molar-refractivity contribution in [1.29, 1.82) is 0 Å². The predicted molar refractivity (Wildman–Crippen MR) is 99.9 cm³/mol. The Hall–Kier alpha value is -3.68. The molecule has 0 unspecified atom stereocenters. The van der Waals surface area contributed by atoms with Gasteiger partial charge in [-0.05, 0) is 18.2 Å². The summed E-state index contributed by atoms with van der Waals surface area (Å²) in [6.07, 6.45) is -0.706. The first-order valence-electron chi connectivity index (χ1n) is 8.81. The van der Waals surface area contributed by atoms with Crippen LogP contribution in [0.3, 0.4) is 0 Å². The van der Waals surface area contributed by atoms with Gasteiger partial charge in [-0.1, -0.05) is 30.3 Å². The Kier molecular flexibility index (Phi) is 4.52. The number of carbonyl (C=O) groups is 3. The van der Waals surface area contributed by atoms with Gasteiger partial charge >= 0.3 is 5.97 Å². The number of nitrogens with zero attached hydrogens (tertiary/aromatic N) is 2. The lowest BCUT2D eigenvalue weighted by molar-refractivity contribution is -0.129. The zero-order chi connectivity index (χ0) is 19.7. The average molecular weight is 378 g/mol. The monoisotopic (exact) mass is 378 g/mol. The van der Waals surface area contributed by atoms with Gasteiger partial charge in [0.15, 0.2) is 0 Å². The molecule has 2 amide bonds. The number of ether oxygens (including phenoxy) is 1. The van der Waals surface area contributed by atoms with Gasteiger partial charge in [0.25, 0.3) is 0 Å². The zero-order valence-electron chi connectivity index (χ0n) is 15.1. The lowest BCUT2D eigenvalue weighted by Gasteiger charge is -2.11. The summed E-state index contributed by atoms with van der Waals surface area (Å²) in [6, 6.07) is 14.5. The largest absolute Gasteiger partial charge is 0.453 e. The molecule has 8 heteroatoms. The van der Waals surface area contributed by atoms with E-state index in [9.17, 15) is 14.4 Å². The number of hydrogen-bond donors (Lipinski definition) is 2. The van der Waals surface area contributed by atoms with Crippen molar-refractivity contribution in [3.8, 4) is 0 Å². The van der Waals surface area contributed by atoms with Crippen molar-refractivity contribution in [2.24, 2.45) is 7.05 Å². The van der Waals surface area contributed by atoms with Crippen molar-refractivity contribution in [3.63, 3.8) is 0 Å². The number of aryl methyl sites for hydroxylation is 1. The summed E-state index contributed by atoms with van der Waals surface area (Å²) >= 11 is 0. The van der Waals surface area contributed by atoms with Crippen molar-refractivity contribution in [3.05, 3.63) is 65.5 Å². The average Bonchev–Trinajstić information content (AvgIpc) is 3.18. The normalized spacial score (nSPS) is 15.2. The van der Waals surface area contributed by atoms with Crippen LogP contribution in [0.4, 0.5) is 0 Å². The summed E-state index contributed by atoms with van der Waals surface area (Å²) in [5.74, 6) is -0.700. The molecule has 1 atom stereocenters. The van der Waals surface area contributed by atoms with E-state index in [-0.39, 0.29) is 12.8 Å². The number of carbonyl (C=O) groups excluding carboxylic acids is 3. The molecule has 1 aliphatic heterocycles. The summed E-state index contributed by atoms with van der Waals surface area (Å²) in [5.41, 5.74) is 7.61. The highest BCUT2D eigenvalue weighted by atomic mass is 16.5. The van der Waals surface area contributed by atoms with Crippen LogP contribution in [-0.4, -0.2) is 27.3 Å². The molecule has 1 aliphatic rings. The van der Waals surface area contributed by atoms with Gasteiger partial charge in [0.05, 0.1) is 29.4 Å². The van der Waals surface area contributed by atoms with Crippen molar-refractivity contribution in [2.45, 2.75) is 18.9 Å². The second kappa shape index (κ2) is 7.15. The molecule has 8 nitrogen and oxygen atoms in total. The Morgan fingerprint density at radius 2 is 1.79 bits per heavy atom. The van der Waals surface area contributed by atoms with E-state index in [0.29, 0.717) is 17.0 Å². The Morgan fingerprint density at radius 1 is 1.07 bits per heavy atom. The third-order valence-electron chi connectivity index (χ3n) is 4.69. The third kappa shape index (κ3) is 3.32. The number of fused-ring (bicyclic) bond motifs is 2. The molecule has 2 N–H and O–H groups in total. The molecule has 28 heavy (non-hydrogen) atoms. The number of hydrazine groups is 1.